The second-order valence-electron chi connectivity index (χ2n) is 7.76. The van der Waals surface area contributed by atoms with Crippen molar-refractivity contribution in [1.29, 1.82) is 0 Å². The number of rotatable bonds is 7. The molecular formula is C21H29N3O4S2. The maximum atomic E-state index is 12.9. The molecule has 0 bridgehead atoms. The minimum atomic E-state index is -3.59. The first-order chi connectivity index (χ1) is 14.2. The van der Waals surface area contributed by atoms with Gasteiger partial charge in [0, 0.05) is 29.7 Å². The number of hydrogen-bond acceptors (Lipinski definition) is 6. The Kier molecular flexibility index (Phi) is 7.30. The number of ether oxygens (including phenoxy) is 1. The molecule has 1 aliphatic rings. The maximum Gasteiger partial charge on any atom is 0.243 e. The summed E-state index contributed by atoms with van der Waals surface area (Å²) in [6.07, 6.45) is -0.286. The molecular weight excluding hydrogens is 422 g/mol. The van der Waals surface area contributed by atoms with Crippen LogP contribution in [0.4, 0.5) is 5.69 Å². The molecule has 2 aromatic rings. The number of thiophene rings is 1. The standard InChI is InChI=1S/C21H29N3O4S2/c1-15-12-24(13-16(2)28-15)30(26,27)19-9-7-18(8-10-19)22-21(25)14-23(4)17(3)20-6-5-11-29-20/h5-11,15-17H,12-14H2,1-4H3,(H,22,25). The summed E-state index contributed by atoms with van der Waals surface area (Å²) in [4.78, 5) is 15.8. The fraction of sp³-hybridized carbons (Fsp3) is 0.476. The molecule has 9 heteroatoms. The van der Waals surface area contributed by atoms with Gasteiger partial charge in [-0.3, -0.25) is 9.69 Å². The number of nitrogens with one attached hydrogen (secondary N) is 1. The highest BCUT2D eigenvalue weighted by Crippen LogP contribution is 2.24. The highest BCUT2D eigenvalue weighted by molar-refractivity contribution is 7.89. The average Bonchev–Trinajstić information content (AvgIpc) is 3.21. The van der Waals surface area contributed by atoms with Crippen molar-refractivity contribution in [3.05, 3.63) is 46.7 Å². The van der Waals surface area contributed by atoms with Crippen molar-refractivity contribution in [1.82, 2.24) is 9.21 Å². The first-order valence-electron chi connectivity index (χ1n) is 9.96. The molecule has 0 saturated carbocycles. The molecule has 0 radical (unpaired) electrons. The number of anilines is 1. The number of hydrogen-bond donors (Lipinski definition) is 1. The number of morpholine rings is 1. The van der Waals surface area contributed by atoms with Crippen LogP contribution in [-0.2, 0) is 19.6 Å². The van der Waals surface area contributed by atoms with Crippen LogP contribution in [0, 0.1) is 0 Å². The molecule has 1 aliphatic heterocycles. The summed E-state index contributed by atoms with van der Waals surface area (Å²) in [5.74, 6) is -0.146. The summed E-state index contributed by atoms with van der Waals surface area (Å²) in [5.41, 5.74) is 0.569. The van der Waals surface area contributed by atoms with E-state index in [9.17, 15) is 13.2 Å². The Hall–Kier alpha value is -1.78. The topological polar surface area (TPSA) is 79.0 Å². The lowest BCUT2D eigenvalue weighted by atomic mass is 10.2. The van der Waals surface area contributed by atoms with Gasteiger partial charge in [0.05, 0.1) is 23.6 Å². The van der Waals surface area contributed by atoms with E-state index in [1.54, 1.807) is 23.5 Å². The fourth-order valence-electron chi connectivity index (χ4n) is 3.50. The van der Waals surface area contributed by atoms with Crippen LogP contribution in [-0.4, -0.2) is 62.4 Å². The van der Waals surface area contributed by atoms with E-state index in [0.29, 0.717) is 18.8 Å². The van der Waals surface area contributed by atoms with E-state index >= 15 is 0 Å². The Balaban J connectivity index is 1.60. The first-order valence-corrected chi connectivity index (χ1v) is 12.3. The molecule has 30 heavy (non-hydrogen) atoms. The SMILES string of the molecule is CC1CN(S(=O)(=O)c2ccc(NC(=O)CN(C)C(C)c3cccs3)cc2)CC(C)O1. The number of carbonyl (C=O) groups excluding carboxylic acids is 1. The van der Waals surface area contributed by atoms with Gasteiger partial charge in [0.1, 0.15) is 0 Å². The van der Waals surface area contributed by atoms with E-state index in [4.69, 9.17) is 4.74 Å². The highest BCUT2D eigenvalue weighted by atomic mass is 32.2. The van der Waals surface area contributed by atoms with Crippen LogP contribution in [0.3, 0.4) is 0 Å². The summed E-state index contributed by atoms with van der Waals surface area (Å²) in [7, 11) is -1.69. The van der Waals surface area contributed by atoms with Crippen LogP contribution < -0.4 is 5.32 Å². The van der Waals surface area contributed by atoms with Gasteiger partial charge in [-0.05, 0) is 63.5 Å². The Labute approximate surface area is 182 Å². The molecule has 0 spiro atoms. The third kappa shape index (κ3) is 5.47. The summed E-state index contributed by atoms with van der Waals surface area (Å²) in [6, 6.07) is 10.5. The summed E-state index contributed by atoms with van der Waals surface area (Å²) in [6.45, 7) is 6.70. The molecule has 1 aromatic heterocycles. The van der Waals surface area contributed by atoms with E-state index in [0.717, 1.165) is 0 Å². The van der Waals surface area contributed by atoms with Crippen LogP contribution in [0.2, 0.25) is 0 Å². The van der Waals surface area contributed by atoms with Crippen LogP contribution in [0.1, 0.15) is 31.7 Å². The fourth-order valence-corrected chi connectivity index (χ4v) is 5.94. The van der Waals surface area contributed by atoms with Gasteiger partial charge in [-0.15, -0.1) is 11.3 Å². The van der Waals surface area contributed by atoms with Gasteiger partial charge < -0.3 is 10.1 Å². The van der Waals surface area contributed by atoms with E-state index in [-0.39, 0.29) is 35.6 Å². The number of likely N-dealkylation sites (N-methyl/N-ethyl adjacent to an activating group) is 1. The van der Waals surface area contributed by atoms with E-state index < -0.39 is 10.0 Å². The molecule has 3 unspecified atom stereocenters. The molecule has 0 aliphatic carbocycles. The van der Waals surface area contributed by atoms with Gasteiger partial charge in [-0.1, -0.05) is 6.07 Å². The number of carbonyl (C=O) groups is 1. The van der Waals surface area contributed by atoms with Crippen LogP contribution in [0.25, 0.3) is 0 Å². The van der Waals surface area contributed by atoms with Gasteiger partial charge in [-0.25, -0.2) is 8.42 Å². The molecule has 1 N–H and O–H groups in total. The van der Waals surface area contributed by atoms with Crippen molar-refractivity contribution in [3.63, 3.8) is 0 Å². The Morgan fingerprint density at radius 2 is 1.87 bits per heavy atom. The third-order valence-corrected chi connectivity index (χ3v) is 8.06. The second kappa shape index (κ2) is 9.57. The monoisotopic (exact) mass is 451 g/mol. The minimum absolute atomic E-state index is 0.140. The molecule has 1 saturated heterocycles. The number of nitrogens with zero attached hydrogens (tertiary/aromatic N) is 2. The number of amides is 1. The lowest BCUT2D eigenvalue weighted by Crippen LogP contribution is -2.48. The van der Waals surface area contributed by atoms with E-state index in [1.165, 1.54) is 21.3 Å². The van der Waals surface area contributed by atoms with Gasteiger partial charge in [-0.2, -0.15) is 4.31 Å². The molecule has 7 nitrogen and oxygen atoms in total. The molecule has 1 fully saturated rings. The van der Waals surface area contributed by atoms with E-state index in [1.807, 2.05) is 37.2 Å². The summed E-state index contributed by atoms with van der Waals surface area (Å²) < 4.78 is 32.9. The van der Waals surface area contributed by atoms with Gasteiger partial charge in [0.2, 0.25) is 15.9 Å². The highest BCUT2D eigenvalue weighted by Gasteiger charge is 2.32. The van der Waals surface area contributed by atoms with Crippen molar-refractivity contribution in [2.75, 3.05) is 32.0 Å². The first kappa shape index (κ1) is 22.9. The van der Waals surface area contributed by atoms with Crippen molar-refractivity contribution >= 4 is 33.0 Å². The Bertz CT molecular complexity index is 935. The number of benzene rings is 1. The molecule has 164 valence electrons. The van der Waals surface area contributed by atoms with Gasteiger partial charge >= 0.3 is 0 Å². The van der Waals surface area contributed by atoms with Gasteiger partial charge in [0.25, 0.3) is 0 Å². The molecule has 1 amide bonds. The molecule has 3 rings (SSSR count). The van der Waals surface area contributed by atoms with Crippen LogP contribution in [0.5, 0.6) is 0 Å². The Morgan fingerprint density at radius 3 is 2.43 bits per heavy atom. The second-order valence-corrected chi connectivity index (χ2v) is 10.7. The van der Waals surface area contributed by atoms with Crippen LogP contribution >= 0.6 is 11.3 Å². The average molecular weight is 452 g/mol. The normalized spacial score (nSPS) is 21.5. The zero-order valence-electron chi connectivity index (χ0n) is 17.7. The quantitative estimate of drug-likeness (QED) is 0.700. The summed E-state index contributed by atoms with van der Waals surface area (Å²) in [5, 5.41) is 4.86. The zero-order valence-corrected chi connectivity index (χ0v) is 19.4. The van der Waals surface area contributed by atoms with Crippen molar-refractivity contribution in [2.45, 2.75) is 43.9 Å². The van der Waals surface area contributed by atoms with Crippen molar-refractivity contribution in [2.24, 2.45) is 0 Å². The van der Waals surface area contributed by atoms with Crippen molar-refractivity contribution in [3.8, 4) is 0 Å². The van der Waals surface area contributed by atoms with Crippen molar-refractivity contribution < 1.29 is 17.9 Å². The molecule has 1 aromatic carbocycles. The Morgan fingerprint density at radius 1 is 1.23 bits per heavy atom. The van der Waals surface area contributed by atoms with E-state index in [2.05, 4.69) is 18.3 Å². The van der Waals surface area contributed by atoms with Crippen LogP contribution in [0.15, 0.2) is 46.7 Å². The number of sulfonamides is 1. The smallest absolute Gasteiger partial charge is 0.243 e. The molecule has 2 heterocycles. The maximum absolute atomic E-state index is 12.9. The summed E-state index contributed by atoms with van der Waals surface area (Å²) >= 11 is 1.66. The lowest BCUT2D eigenvalue weighted by Gasteiger charge is -2.34. The lowest BCUT2D eigenvalue weighted by molar-refractivity contribution is -0.117. The predicted octanol–water partition coefficient (Wildman–Crippen LogP) is 3.18. The minimum Gasteiger partial charge on any atom is -0.373 e. The zero-order chi connectivity index (χ0) is 21.9. The third-order valence-electron chi connectivity index (χ3n) is 5.17. The predicted molar refractivity (Wildman–Crippen MR) is 119 cm³/mol. The molecule has 3 atom stereocenters. The largest absolute Gasteiger partial charge is 0.373 e. The van der Waals surface area contributed by atoms with Gasteiger partial charge in [0.15, 0.2) is 0 Å².